The van der Waals surface area contributed by atoms with Crippen LogP contribution in [0, 0.1) is 5.92 Å². The number of aliphatic hydroxyl groups excluding tert-OH is 1. The number of nitrogens with two attached hydrogens (primary N) is 4. The predicted molar refractivity (Wildman–Crippen MR) is 122 cm³/mol. The highest BCUT2D eigenvalue weighted by molar-refractivity contribution is 5.96. The number of nitrogens with one attached hydrogen (secondary N) is 3. The number of hydrogen-bond acceptors (Lipinski definition) is 8. The Morgan fingerprint density at radius 2 is 1.41 bits per heavy atom. The molecule has 4 unspecified atom stereocenters. The number of aliphatic carboxylic acids is 1. The van der Waals surface area contributed by atoms with Gasteiger partial charge in [0.05, 0.1) is 19.1 Å². The van der Waals surface area contributed by atoms with Crippen LogP contribution in [-0.2, 0) is 24.0 Å². The van der Waals surface area contributed by atoms with Crippen molar-refractivity contribution in [2.45, 2.75) is 63.7 Å². The normalized spacial score (nSPS) is 14.3. The number of carboxylic acids is 1. The van der Waals surface area contributed by atoms with Crippen LogP contribution in [0.15, 0.2) is 4.99 Å². The molecule has 0 bridgehead atoms. The Bertz CT molecular complexity index is 755. The highest BCUT2D eigenvalue weighted by Crippen LogP contribution is 2.06. The molecule has 0 aliphatic heterocycles. The number of primary amides is 1. The van der Waals surface area contributed by atoms with Gasteiger partial charge in [0.1, 0.15) is 18.1 Å². The second kappa shape index (κ2) is 15.4. The van der Waals surface area contributed by atoms with Crippen LogP contribution < -0.4 is 38.9 Å². The van der Waals surface area contributed by atoms with Crippen molar-refractivity contribution in [3.8, 4) is 0 Å². The van der Waals surface area contributed by atoms with Gasteiger partial charge in [-0.05, 0) is 25.2 Å². The van der Waals surface area contributed by atoms with Gasteiger partial charge in [0.2, 0.25) is 23.6 Å². The maximum Gasteiger partial charge on any atom is 0.326 e. The van der Waals surface area contributed by atoms with Crippen LogP contribution in [0.1, 0.15) is 39.5 Å². The largest absolute Gasteiger partial charge is 0.480 e. The molecule has 34 heavy (non-hydrogen) atoms. The van der Waals surface area contributed by atoms with Crippen molar-refractivity contribution in [2.75, 3.05) is 13.2 Å². The molecule has 0 saturated carbocycles. The van der Waals surface area contributed by atoms with E-state index in [9.17, 15) is 34.2 Å². The summed E-state index contributed by atoms with van der Waals surface area (Å²) in [6.07, 6.45) is 0.0480. The molecule has 4 atom stereocenters. The lowest BCUT2D eigenvalue weighted by molar-refractivity contribution is -0.143. The first-order valence-corrected chi connectivity index (χ1v) is 10.6. The van der Waals surface area contributed by atoms with E-state index in [1.54, 1.807) is 13.8 Å². The summed E-state index contributed by atoms with van der Waals surface area (Å²) in [6.45, 7) is 2.88. The number of hydrogen-bond donors (Lipinski definition) is 9. The third-order valence-corrected chi connectivity index (χ3v) is 4.48. The van der Waals surface area contributed by atoms with E-state index in [2.05, 4.69) is 20.9 Å². The third kappa shape index (κ3) is 12.5. The summed E-state index contributed by atoms with van der Waals surface area (Å²) in [5.74, 6) is -5.08. The molecule has 0 aliphatic rings. The Morgan fingerprint density at radius 3 is 1.88 bits per heavy atom. The van der Waals surface area contributed by atoms with Crippen molar-refractivity contribution in [3.63, 3.8) is 0 Å². The van der Waals surface area contributed by atoms with Gasteiger partial charge in [-0.25, -0.2) is 4.79 Å². The standard InChI is InChI=1S/C19H36N8O7/c1-9(2)6-12(18(33)34)26-17(32)13(8-28)27-16(31)11(7-14(21)29)25-15(30)10(20)4-3-5-24-19(22)23/h9-13,28H,3-8,20H2,1-2H3,(H2,21,29)(H,25,30)(H,26,32)(H,27,31)(H,33,34)(H4,22,23,24). The Kier molecular flexibility index (Phi) is 13.8. The average molecular weight is 489 g/mol. The van der Waals surface area contributed by atoms with E-state index in [0.717, 1.165) is 0 Å². The number of carbonyl (C=O) groups is 5. The summed E-state index contributed by atoms with van der Waals surface area (Å²) in [6, 6.07) is -5.32. The van der Waals surface area contributed by atoms with Crippen molar-refractivity contribution in [1.82, 2.24) is 16.0 Å². The molecule has 0 aromatic carbocycles. The molecule has 0 aliphatic carbocycles. The summed E-state index contributed by atoms with van der Waals surface area (Å²) in [4.78, 5) is 63.8. The summed E-state index contributed by atoms with van der Waals surface area (Å²) < 4.78 is 0. The molecule has 194 valence electrons. The first-order chi connectivity index (χ1) is 15.8. The third-order valence-electron chi connectivity index (χ3n) is 4.48. The van der Waals surface area contributed by atoms with Gasteiger partial charge in [0.25, 0.3) is 0 Å². The van der Waals surface area contributed by atoms with Gasteiger partial charge in [-0.3, -0.25) is 24.2 Å². The van der Waals surface area contributed by atoms with Crippen LogP contribution >= 0.6 is 0 Å². The maximum atomic E-state index is 12.6. The van der Waals surface area contributed by atoms with Crippen LogP contribution in [0.25, 0.3) is 0 Å². The Hall–Kier alpha value is -3.46. The fourth-order valence-electron chi connectivity index (χ4n) is 2.77. The van der Waals surface area contributed by atoms with Crippen LogP contribution in [0.3, 0.4) is 0 Å². The molecule has 15 heteroatoms. The molecule has 0 aromatic heterocycles. The monoisotopic (exact) mass is 488 g/mol. The van der Waals surface area contributed by atoms with E-state index >= 15 is 0 Å². The topological polar surface area (TPSA) is 278 Å². The van der Waals surface area contributed by atoms with Gasteiger partial charge in [-0.1, -0.05) is 13.8 Å². The van der Waals surface area contributed by atoms with Crippen molar-refractivity contribution >= 4 is 35.6 Å². The summed E-state index contributed by atoms with van der Waals surface area (Å²) in [5.41, 5.74) is 21.3. The number of rotatable bonds is 16. The molecule has 0 saturated heterocycles. The van der Waals surface area contributed by atoms with E-state index in [4.69, 9.17) is 22.9 Å². The SMILES string of the molecule is CC(C)CC(NC(=O)C(CO)NC(=O)C(CC(N)=O)NC(=O)C(N)CCCN=C(N)N)C(=O)O. The minimum Gasteiger partial charge on any atom is -0.480 e. The second-order valence-corrected chi connectivity index (χ2v) is 8.06. The lowest BCUT2D eigenvalue weighted by Crippen LogP contribution is -2.58. The number of aliphatic imine (C=N–C) groups is 1. The molecule has 0 aromatic rings. The molecule has 0 heterocycles. The van der Waals surface area contributed by atoms with Crippen molar-refractivity contribution < 1.29 is 34.2 Å². The van der Waals surface area contributed by atoms with Gasteiger partial charge in [-0.15, -0.1) is 0 Å². The van der Waals surface area contributed by atoms with Crippen molar-refractivity contribution in [1.29, 1.82) is 0 Å². The smallest absolute Gasteiger partial charge is 0.326 e. The second-order valence-electron chi connectivity index (χ2n) is 8.06. The first kappa shape index (κ1) is 30.5. The van der Waals surface area contributed by atoms with E-state index in [1.807, 2.05) is 0 Å². The van der Waals surface area contributed by atoms with E-state index in [0.29, 0.717) is 6.42 Å². The van der Waals surface area contributed by atoms with Crippen molar-refractivity contribution in [3.05, 3.63) is 0 Å². The molecular formula is C19H36N8O7. The Labute approximate surface area is 197 Å². The zero-order valence-electron chi connectivity index (χ0n) is 19.3. The van der Waals surface area contributed by atoms with E-state index < -0.39 is 66.8 Å². The number of amides is 4. The fourth-order valence-corrected chi connectivity index (χ4v) is 2.77. The van der Waals surface area contributed by atoms with E-state index in [1.165, 1.54) is 0 Å². The average Bonchev–Trinajstić information content (AvgIpc) is 2.72. The highest BCUT2D eigenvalue weighted by Gasteiger charge is 2.31. The molecule has 4 amide bonds. The van der Waals surface area contributed by atoms with E-state index in [-0.39, 0.29) is 31.3 Å². The zero-order valence-corrected chi connectivity index (χ0v) is 19.3. The molecule has 0 spiro atoms. The number of nitrogens with zero attached hydrogens (tertiary/aromatic N) is 1. The predicted octanol–water partition coefficient (Wildman–Crippen LogP) is -4.18. The minimum absolute atomic E-state index is 0.0533. The maximum absolute atomic E-state index is 12.6. The number of carboxylic acid groups (broad SMARTS) is 1. The molecule has 0 rings (SSSR count). The van der Waals surface area contributed by atoms with Gasteiger partial charge >= 0.3 is 5.97 Å². The number of guanidine groups is 1. The molecule has 0 fully saturated rings. The summed E-state index contributed by atoms with van der Waals surface area (Å²) in [5, 5.41) is 25.5. The van der Waals surface area contributed by atoms with Crippen LogP contribution in [0.2, 0.25) is 0 Å². The summed E-state index contributed by atoms with van der Waals surface area (Å²) in [7, 11) is 0. The van der Waals surface area contributed by atoms with Crippen LogP contribution in [0.4, 0.5) is 0 Å². The Balaban J connectivity index is 5.17. The summed E-state index contributed by atoms with van der Waals surface area (Å²) >= 11 is 0. The highest BCUT2D eigenvalue weighted by atomic mass is 16.4. The molecule has 15 nitrogen and oxygen atoms in total. The van der Waals surface area contributed by atoms with Crippen molar-refractivity contribution in [2.24, 2.45) is 33.8 Å². The lowest BCUT2D eigenvalue weighted by Gasteiger charge is -2.24. The molecule has 13 N–H and O–H groups in total. The van der Waals surface area contributed by atoms with Crippen LogP contribution in [0.5, 0.6) is 0 Å². The quantitative estimate of drug-likeness (QED) is 0.0573. The van der Waals surface area contributed by atoms with Gasteiger partial charge < -0.3 is 49.1 Å². The Morgan fingerprint density at radius 1 is 0.882 bits per heavy atom. The fraction of sp³-hybridized carbons (Fsp3) is 0.684. The minimum atomic E-state index is -1.54. The van der Waals surface area contributed by atoms with Gasteiger partial charge in [0.15, 0.2) is 5.96 Å². The number of carbonyl (C=O) groups excluding carboxylic acids is 4. The van der Waals surface area contributed by atoms with Gasteiger partial charge in [0, 0.05) is 6.54 Å². The van der Waals surface area contributed by atoms with Crippen LogP contribution in [-0.4, -0.2) is 83.1 Å². The molecule has 0 radical (unpaired) electrons. The lowest BCUT2D eigenvalue weighted by atomic mass is 10.0. The first-order valence-electron chi connectivity index (χ1n) is 10.6. The zero-order chi connectivity index (χ0) is 26.4. The number of aliphatic hydroxyl groups is 1. The van der Waals surface area contributed by atoms with Gasteiger partial charge in [-0.2, -0.15) is 0 Å². The molecular weight excluding hydrogens is 452 g/mol.